The standard InChI is InChI=1S/C18H33N5O7S/c1-4-9(2)14(23-15(26)10(19)8-24)17(28)21-11(5-6-31-3)16(27)22-12(18(29)30)7-13(20)25/h9-12,14,24H,4-8,19H2,1-3H3,(H2,20,25)(H,21,28)(H,22,27)(H,23,26)(H,29,30). The molecule has 5 atom stereocenters. The first-order valence-corrected chi connectivity index (χ1v) is 11.1. The zero-order valence-corrected chi connectivity index (χ0v) is 18.7. The third kappa shape index (κ3) is 10.5. The number of rotatable bonds is 15. The zero-order valence-electron chi connectivity index (χ0n) is 17.9. The van der Waals surface area contributed by atoms with Crippen LogP contribution in [0.25, 0.3) is 0 Å². The van der Waals surface area contributed by atoms with Crippen molar-refractivity contribution in [3.63, 3.8) is 0 Å². The maximum Gasteiger partial charge on any atom is 0.326 e. The molecular formula is C18H33N5O7S. The molecule has 0 fully saturated rings. The second-order valence-corrected chi connectivity index (χ2v) is 8.06. The van der Waals surface area contributed by atoms with Crippen molar-refractivity contribution in [2.45, 2.75) is 57.3 Å². The Morgan fingerprint density at radius 1 is 1.00 bits per heavy atom. The van der Waals surface area contributed by atoms with E-state index in [4.69, 9.17) is 16.6 Å². The molecule has 0 aromatic heterocycles. The van der Waals surface area contributed by atoms with Crippen LogP contribution in [-0.2, 0) is 24.0 Å². The molecule has 0 aliphatic rings. The van der Waals surface area contributed by atoms with Crippen LogP contribution in [0.1, 0.15) is 33.1 Å². The van der Waals surface area contributed by atoms with Crippen LogP contribution in [0.5, 0.6) is 0 Å². The number of aliphatic carboxylic acids is 1. The lowest BCUT2D eigenvalue weighted by Gasteiger charge is -2.27. The second-order valence-electron chi connectivity index (χ2n) is 7.07. The Kier molecular flexibility index (Phi) is 13.5. The summed E-state index contributed by atoms with van der Waals surface area (Å²) in [5, 5.41) is 25.4. The van der Waals surface area contributed by atoms with Gasteiger partial charge in [0.1, 0.15) is 24.2 Å². The van der Waals surface area contributed by atoms with Crippen molar-refractivity contribution in [3.05, 3.63) is 0 Å². The molecule has 9 N–H and O–H groups in total. The number of hydrogen-bond acceptors (Lipinski definition) is 8. The van der Waals surface area contributed by atoms with E-state index in [0.717, 1.165) is 0 Å². The summed E-state index contributed by atoms with van der Waals surface area (Å²) in [6, 6.07) is -4.88. The number of hydrogen-bond donors (Lipinski definition) is 7. The lowest BCUT2D eigenvalue weighted by Crippen LogP contribution is -2.59. The van der Waals surface area contributed by atoms with E-state index in [1.54, 1.807) is 13.2 Å². The number of nitrogens with one attached hydrogen (secondary N) is 3. The number of carboxylic acid groups (broad SMARTS) is 1. The van der Waals surface area contributed by atoms with Crippen LogP contribution in [0.2, 0.25) is 0 Å². The predicted molar refractivity (Wildman–Crippen MR) is 115 cm³/mol. The molecule has 0 heterocycles. The van der Waals surface area contributed by atoms with Gasteiger partial charge in [-0.15, -0.1) is 0 Å². The summed E-state index contributed by atoms with van der Waals surface area (Å²) in [6.07, 6.45) is 1.89. The van der Waals surface area contributed by atoms with Crippen LogP contribution in [0.15, 0.2) is 0 Å². The van der Waals surface area contributed by atoms with Gasteiger partial charge in [-0.1, -0.05) is 20.3 Å². The van der Waals surface area contributed by atoms with Gasteiger partial charge in [-0.05, 0) is 24.3 Å². The van der Waals surface area contributed by atoms with Gasteiger partial charge in [0, 0.05) is 0 Å². The Balaban J connectivity index is 5.48. The number of aliphatic hydroxyl groups excluding tert-OH is 1. The predicted octanol–water partition coefficient (Wildman–Crippen LogP) is -2.48. The number of carbonyl (C=O) groups is 5. The van der Waals surface area contributed by atoms with E-state index < -0.39 is 66.8 Å². The van der Waals surface area contributed by atoms with E-state index in [9.17, 15) is 29.1 Å². The van der Waals surface area contributed by atoms with Crippen molar-refractivity contribution < 1.29 is 34.2 Å². The molecule has 12 nitrogen and oxygen atoms in total. The van der Waals surface area contributed by atoms with Gasteiger partial charge < -0.3 is 37.6 Å². The highest BCUT2D eigenvalue weighted by Crippen LogP contribution is 2.10. The molecule has 0 aromatic rings. The molecule has 0 radical (unpaired) electrons. The number of carbonyl (C=O) groups excluding carboxylic acids is 4. The summed E-state index contributed by atoms with van der Waals surface area (Å²) in [5.74, 6) is -4.36. The highest BCUT2D eigenvalue weighted by molar-refractivity contribution is 7.98. The molecule has 178 valence electrons. The Morgan fingerprint density at radius 3 is 2.03 bits per heavy atom. The normalized spacial score (nSPS) is 15.6. The second kappa shape index (κ2) is 14.6. The molecule has 0 saturated carbocycles. The summed E-state index contributed by atoms with van der Waals surface area (Å²) < 4.78 is 0. The fraction of sp³-hybridized carbons (Fsp3) is 0.722. The van der Waals surface area contributed by atoms with Crippen molar-refractivity contribution in [1.29, 1.82) is 0 Å². The largest absolute Gasteiger partial charge is 0.480 e. The summed E-state index contributed by atoms with van der Waals surface area (Å²) in [7, 11) is 0. The molecule has 13 heteroatoms. The molecule has 31 heavy (non-hydrogen) atoms. The smallest absolute Gasteiger partial charge is 0.326 e. The van der Waals surface area contributed by atoms with Crippen molar-refractivity contribution in [1.82, 2.24) is 16.0 Å². The summed E-state index contributed by atoms with van der Waals surface area (Å²) in [5.41, 5.74) is 10.5. The monoisotopic (exact) mass is 463 g/mol. The van der Waals surface area contributed by atoms with Gasteiger partial charge in [0.25, 0.3) is 0 Å². The van der Waals surface area contributed by atoms with Crippen molar-refractivity contribution >= 4 is 41.4 Å². The lowest BCUT2D eigenvalue weighted by molar-refractivity contribution is -0.143. The van der Waals surface area contributed by atoms with Gasteiger partial charge in [-0.2, -0.15) is 11.8 Å². The van der Waals surface area contributed by atoms with Crippen LogP contribution in [0.3, 0.4) is 0 Å². The quantitative estimate of drug-likeness (QED) is 0.137. The third-order valence-electron chi connectivity index (χ3n) is 4.59. The highest BCUT2D eigenvalue weighted by Gasteiger charge is 2.32. The molecule has 0 aliphatic carbocycles. The minimum atomic E-state index is -1.54. The fourth-order valence-corrected chi connectivity index (χ4v) is 2.96. The number of aliphatic hydroxyl groups is 1. The first kappa shape index (κ1) is 28.6. The first-order chi connectivity index (χ1) is 14.5. The van der Waals surface area contributed by atoms with Crippen molar-refractivity contribution in [2.75, 3.05) is 18.6 Å². The Hall–Kier alpha value is -2.38. The average molecular weight is 464 g/mol. The van der Waals surface area contributed by atoms with Crippen molar-refractivity contribution in [3.8, 4) is 0 Å². The Bertz CT molecular complexity index is 649. The number of thioether (sulfide) groups is 1. The fourth-order valence-electron chi connectivity index (χ4n) is 2.48. The maximum atomic E-state index is 12.9. The SMILES string of the molecule is CCC(C)C(NC(=O)C(N)CO)C(=O)NC(CCSC)C(=O)NC(CC(N)=O)C(=O)O. The molecule has 0 saturated heterocycles. The van der Waals surface area contributed by atoms with Crippen LogP contribution in [-0.4, -0.2) is 82.6 Å². The Morgan fingerprint density at radius 2 is 1.58 bits per heavy atom. The van der Waals surface area contributed by atoms with Gasteiger partial charge in [0.2, 0.25) is 23.6 Å². The first-order valence-electron chi connectivity index (χ1n) is 9.75. The van der Waals surface area contributed by atoms with Gasteiger partial charge in [0.05, 0.1) is 13.0 Å². The van der Waals surface area contributed by atoms with Crippen LogP contribution >= 0.6 is 11.8 Å². The van der Waals surface area contributed by atoms with E-state index in [1.807, 2.05) is 6.92 Å². The molecule has 0 spiro atoms. The average Bonchev–Trinajstić information content (AvgIpc) is 2.72. The molecule has 4 amide bonds. The minimum Gasteiger partial charge on any atom is -0.480 e. The van der Waals surface area contributed by atoms with Gasteiger partial charge in [0.15, 0.2) is 0 Å². The lowest BCUT2D eigenvalue weighted by atomic mass is 9.97. The minimum absolute atomic E-state index is 0.180. The molecule has 0 aliphatic heterocycles. The maximum absolute atomic E-state index is 12.9. The molecule has 5 unspecified atom stereocenters. The van der Waals surface area contributed by atoms with Crippen LogP contribution in [0.4, 0.5) is 0 Å². The number of primary amides is 1. The third-order valence-corrected chi connectivity index (χ3v) is 5.23. The van der Waals surface area contributed by atoms with Gasteiger partial charge >= 0.3 is 5.97 Å². The molecule has 0 aromatic carbocycles. The number of nitrogens with two attached hydrogens (primary N) is 2. The molecule has 0 rings (SSSR count). The van der Waals surface area contributed by atoms with E-state index in [2.05, 4.69) is 16.0 Å². The van der Waals surface area contributed by atoms with E-state index >= 15 is 0 Å². The number of amides is 4. The van der Waals surface area contributed by atoms with Gasteiger partial charge in [-0.25, -0.2) is 4.79 Å². The zero-order chi connectivity index (χ0) is 24.1. The topological polar surface area (TPSA) is 214 Å². The van der Waals surface area contributed by atoms with E-state index in [-0.39, 0.29) is 12.3 Å². The number of carboxylic acids is 1. The molecular weight excluding hydrogens is 430 g/mol. The highest BCUT2D eigenvalue weighted by atomic mass is 32.2. The van der Waals surface area contributed by atoms with Crippen LogP contribution in [0, 0.1) is 5.92 Å². The van der Waals surface area contributed by atoms with E-state index in [1.165, 1.54) is 11.8 Å². The summed E-state index contributed by atoms with van der Waals surface area (Å²) in [4.78, 5) is 59.9. The summed E-state index contributed by atoms with van der Waals surface area (Å²) in [6.45, 7) is 2.93. The molecule has 0 bridgehead atoms. The van der Waals surface area contributed by atoms with Crippen LogP contribution < -0.4 is 27.4 Å². The van der Waals surface area contributed by atoms with Crippen molar-refractivity contribution in [2.24, 2.45) is 17.4 Å². The summed E-state index contributed by atoms with van der Waals surface area (Å²) >= 11 is 1.41. The Labute approximate surface area is 185 Å². The van der Waals surface area contributed by atoms with E-state index in [0.29, 0.717) is 12.2 Å². The van der Waals surface area contributed by atoms with Gasteiger partial charge in [-0.3, -0.25) is 19.2 Å².